The molecule has 2 rings (SSSR count). The summed E-state index contributed by atoms with van der Waals surface area (Å²) in [4.78, 5) is 2.34. The van der Waals surface area contributed by atoms with E-state index in [0.29, 0.717) is 12.1 Å². The van der Waals surface area contributed by atoms with Crippen molar-refractivity contribution in [2.45, 2.75) is 31.6 Å². The molecule has 2 N–H and O–H groups in total. The summed E-state index contributed by atoms with van der Waals surface area (Å²) in [7, 11) is 2.13. The lowest BCUT2D eigenvalue weighted by atomic mass is 10.2. The van der Waals surface area contributed by atoms with Crippen LogP contribution in [0.1, 0.15) is 18.4 Å². The van der Waals surface area contributed by atoms with E-state index in [9.17, 15) is 9.50 Å². The Bertz CT molecular complexity index is 426. The van der Waals surface area contributed by atoms with E-state index in [0.717, 1.165) is 19.1 Å². The van der Waals surface area contributed by atoms with Crippen LogP contribution in [0.3, 0.4) is 0 Å². The number of hydrogen-bond donors (Lipinski definition) is 2. The number of nitrogens with one attached hydrogen (secondary N) is 1. The smallest absolute Gasteiger partial charge is 0.128 e. The van der Waals surface area contributed by atoms with Gasteiger partial charge in [-0.2, -0.15) is 0 Å². The molecule has 21 heavy (non-hydrogen) atoms. The average Bonchev–Trinajstić information content (AvgIpc) is 3.30. The van der Waals surface area contributed by atoms with Gasteiger partial charge >= 0.3 is 0 Å². The van der Waals surface area contributed by atoms with E-state index < -0.39 is 6.10 Å². The van der Waals surface area contributed by atoms with Crippen molar-refractivity contribution in [3.8, 4) is 0 Å². The predicted molar refractivity (Wildman–Crippen MR) is 80.6 cm³/mol. The summed E-state index contributed by atoms with van der Waals surface area (Å²) in [6.45, 7) is 2.74. The quantitative estimate of drug-likeness (QED) is 0.641. The monoisotopic (exact) mass is 296 g/mol. The Morgan fingerprint density at radius 1 is 1.43 bits per heavy atom. The molecule has 0 aromatic heterocycles. The van der Waals surface area contributed by atoms with Crippen molar-refractivity contribution in [2.75, 3.05) is 33.3 Å². The van der Waals surface area contributed by atoms with Gasteiger partial charge in [-0.25, -0.2) is 4.39 Å². The summed E-state index contributed by atoms with van der Waals surface area (Å²) < 4.78 is 18.7. The van der Waals surface area contributed by atoms with Crippen molar-refractivity contribution in [3.63, 3.8) is 0 Å². The summed E-state index contributed by atoms with van der Waals surface area (Å²) in [5, 5.41) is 13.0. The van der Waals surface area contributed by atoms with E-state index in [-0.39, 0.29) is 19.0 Å². The molecule has 1 aliphatic carbocycles. The van der Waals surface area contributed by atoms with Crippen molar-refractivity contribution in [2.24, 2.45) is 0 Å². The van der Waals surface area contributed by atoms with Gasteiger partial charge in [0, 0.05) is 31.2 Å². The molecule has 118 valence electrons. The van der Waals surface area contributed by atoms with Crippen LogP contribution in [-0.4, -0.2) is 55.4 Å². The number of aliphatic hydroxyl groups is 1. The largest absolute Gasteiger partial charge is 0.389 e. The SMILES string of the molecule is CN(CCNCC(O)COCc1ccccc1F)C1CC1. The van der Waals surface area contributed by atoms with E-state index in [1.807, 2.05) is 0 Å². The average molecular weight is 296 g/mol. The number of halogens is 1. The maximum absolute atomic E-state index is 13.3. The van der Waals surface area contributed by atoms with Crippen molar-refractivity contribution in [3.05, 3.63) is 35.6 Å². The first-order valence-electron chi connectivity index (χ1n) is 7.57. The molecule has 1 aromatic rings. The number of ether oxygens (including phenoxy) is 1. The van der Waals surface area contributed by atoms with Crippen molar-refractivity contribution in [1.82, 2.24) is 10.2 Å². The van der Waals surface area contributed by atoms with Crippen LogP contribution in [-0.2, 0) is 11.3 Å². The topological polar surface area (TPSA) is 44.7 Å². The Morgan fingerprint density at radius 2 is 2.19 bits per heavy atom. The summed E-state index contributed by atoms with van der Waals surface area (Å²) >= 11 is 0. The maximum atomic E-state index is 13.3. The minimum atomic E-state index is -0.567. The van der Waals surface area contributed by atoms with Gasteiger partial charge in [-0.15, -0.1) is 0 Å². The molecule has 4 nitrogen and oxygen atoms in total. The van der Waals surface area contributed by atoms with Crippen LogP contribution in [0.5, 0.6) is 0 Å². The Hall–Kier alpha value is -1.01. The Labute approximate surface area is 125 Å². The normalized spacial score (nSPS) is 16.4. The molecule has 1 unspecified atom stereocenters. The molecule has 0 radical (unpaired) electrons. The van der Waals surface area contributed by atoms with Gasteiger partial charge in [0.2, 0.25) is 0 Å². The van der Waals surface area contributed by atoms with Gasteiger partial charge < -0.3 is 20.1 Å². The lowest BCUT2D eigenvalue weighted by molar-refractivity contribution is 0.0277. The summed E-state index contributed by atoms with van der Waals surface area (Å²) in [6, 6.07) is 7.29. The second kappa shape index (κ2) is 8.44. The molecule has 0 amide bonds. The van der Waals surface area contributed by atoms with Crippen LogP contribution in [0.25, 0.3) is 0 Å². The zero-order valence-corrected chi connectivity index (χ0v) is 12.6. The third-order valence-electron chi connectivity index (χ3n) is 3.72. The Kier molecular flexibility index (Phi) is 6.57. The Balaban J connectivity index is 1.51. The lowest BCUT2D eigenvalue weighted by Crippen LogP contribution is -2.36. The van der Waals surface area contributed by atoms with Crippen LogP contribution >= 0.6 is 0 Å². The van der Waals surface area contributed by atoms with E-state index in [2.05, 4.69) is 17.3 Å². The molecule has 0 spiro atoms. The van der Waals surface area contributed by atoms with Gasteiger partial charge in [-0.1, -0.05) is 18.2 Å². The fraction of sp³-hybridized carbons (Fsp3) is 0.625. The highest BCUT2D eigenvalue weighted by Gasteiger charge is 2.25. The second-order valence-corrected chi connectivity index (χ2v) is 5.68. The zero-order valence-electron chi connectivity index (χ0n) is 12.6. The minimum Gasteiger partial charge on any atom is -0.389 e. The standard InChI is InChI=1S/C16H25FN2O2/c1-19(14-6-7-14)9-8-18-10-15(20)12-21-11-13-4-2-3-5-16(13)17/h2-5,14-15,18,20H,6-12H2,1H3. The summed E-state index contributed by atoms with van der Waals surface area (Å²) in [6.07, 6.45) is 2.05. The van der Waals surface area contributed by atoms with Gasteiger partial charge in [0.05, 0.1) is 19.3 Å². The molecule has 1 saturated carbocycles. The molecule has 0 saturated heterocycles. The van der Waals surface area contributed by atoms with Crippen molar-refractivity contribution >= 4 is 0 Å². The van der Waals surface area contributed by atoms with E-state index in [1.165, 1.54) is 18.9 Å². The molecule has 1 aliphatic rings. The zero-order chi connectivity index (χ0) is 15.1. The van der Waals surface area contributed by atoms with E-state index in [4.69, 9.17) is 4.74 Å². The van der Waals surface area contributed by atoms with Crippen LogP contribution in [0.2, 0.25) is 0 Å². The van der Waals surface area contributed by atoms with Gasteiger partial charge in [0.1, 0.15) is 5.82 Å². The first kappa shape index (κ1) is 16.4. The van der Waals surface area contributed by atoms with Crippen LogP contribution < -0.4 is 5.32 Å². The Morgan fingerprint density at radius 3 is 2.90 bits per heavy atom. The van der Waals surface area contributed by atoms with Crippen LogP contribution in [0, 0.1) is 5.82 Å². The fourth-order valence-electron chi connectivity index (χ4n) is 2.20. The van der Waals surface area contributed by atoms with E-state index in [1.54, 1.807) is 18.2 Å². The maximum Gasteiger partial charge on any atom is 0.128 e. The van der Waals surface area contributed by atoms with Gasteiger partial charge in [0.15, 0.2) is 0 Å². The van der Waals surface area contributed by atoms with Crippen molar-refractivity contribution < 1.29 is 14.2 Å². The molecule has 1 atom stereocenters. The number of aliphatic hydroxyl groups excluding tert-OH is 1. The molecular formula is C16H25FN2O2. The number of rotatable bonds is 10. The van der Waals surface area contributed by atoms with Gasteiger partial charge in [-0.3, -0.25) is 0 Å². The van der Waals surface area contributed by atoms with Crippen LogP contribution in [0.4, 0.5) is 4.39 Å². The number of benzene rings is 1. The lowest BCUT2D eigenvalue weighted by Gasteiger charge is -2.17. The van der Waals surface area contributed by atoms with Gasteiger partial charge in [-0.05, 0) is 26.0 Å². The molecular weight excluding hydrogens is 271 g/mol. The first-order chi connectivity index (χ1) is 10.2. The molecule has 0 aliphatic heterocycles. The molecule has 1 aromatic carbocycles. The van der Waals surface area contributed by atoms with Crippen LogP contribution in [0.15, 0.2) is 24.3 Å². The van der Waals surface area contributed by atoms with Crippen molar-refractivity contribution in [1.29, 1.82) is 0 Å². The summed E-state index contributed by atoms with van der Waals surface area (Å²) in [5.74, 6) is -0.270. The highest BCUT2D eigenvalue weighted by molar-refractivity contribution is 5.16. The number of hydrogen-bond acceptors (Lipinski definition) is 4. The molecule has 5 heteroatoms. The number of nitrogens with zero attached hydrogens (tertiary/aromatic N) is 1. The third-order valence-corrected chi connectivity index (χ3v) is 3.72. The second-order valence-electron chi connectivity index (χ2n) is 5.68. The minimum absolute atomic E-state index is 0.189. The molecule has 0 bridgehead atoms. The molecule has 0 heterocycles. The third kappa shape index (κ3) is 6.09. The number of likely N-dealkylation sites (N-methyl/N-ethyl adjacent to an activating group) is 1. The van der Waals surface area contributed by atoms with Gasteiger partial charge in [0.25, 0.3) is 0 Å². The molecule has 1 fully saturated rings. The van der Waals surface area contributed by atoms with E-state index >= 15 is 0 Å². The first-order valence-corrected chi connectivity index (χ1v) is 7.57. The summed E-state index contributed by atoms with van der Waals surface area (Å²) in [5.41, 5.74) is 0.517. The predicted octanol–water partition coefficient (Wildman–Crippen LogP) is 1.39. The highest BCUT2D eigenvalue weighted by atomic mass is 19.1. The fourth-order valence-corrected chi connectivity index (χ4v) is 2.20. The highest BCUT2D eigenvalue weighted by Crippen LogP contribution is 2.24.